The van der Waals surface area contributed by atoms with Gasteiger partial charge in [-0.1, -0.05) is 13.8 Å². The quantitative estimate of drug-likeness (QED) is 0.821. The molecule has 1 aliphatic rings. The third kappa shape index (κ3) is 2.25. The molecule has 92 valence electrons. The summed E-state index contributed by atoms with van der Waals surface area (Å²) >= 11 is 0. The average Bonchev–Trinajstić information content (AvgIpc) is 2.27. The van der Waals surface area contributed by atoms with E-state index >= 15 is 0 Å². The molecule has 1 aromatic heterocycles. The standard InChI is InChI=1S/C13H17NO3/c1-7(2)8-3-4-11-9(5-8)6-10(13(16)17)12(15)14-11/h6-8H,3-5H2,1-2H3,(H,14,15)(H,16,17)/t8-/m0/s1. The van der Waals surface area contributed by atoms with Gasteiger partial charge in [0.2, 0.25) is 0 Å². The highest BCUT2D eigenvalue weighted by Crippen LogP contribution is 2.28. The minimum Gasteiger partial charge on any atom is -0.477 e. The molecule has 1 aromatic rings. The molecule has 0 spiro atoms. The van der Waals surface area contributed by atoms with Crippen LogP contribution in [0.25, 0.3) is 0 Å². The number of carbonyl (C=O) groups is 1. The molecule has 0 bridgehead atoms. The first kappa shape index (κ1) is 11.9. The molecule has 0 unspecified atom stereocenters. The molecule has 17 heavy (non-hydrogen) atoms. The minimum atomic E-state index is -1.15. The SMILES string of the molecule is CC(C)[C@H]1CCc2[nH]c(=O)c(C(=O)O)cc2C1. The van der Waals surface area contributed by atoms with Gasteiger partial charge in [-0.3, -0.25) is 4.79 Å². The van der Waals surface area contributed by atoms with Crippen LogP contribution >= 0.6 is 0 Å². The van der Waals surface area contributed by atoms with Crippen LogP contribution < -0.4 is 5.56 Å². The first-order valence-electron chi connectivity index (χ1n) is 5.97. The molecule has 0 radical (unpaired) electrons. The lowest BCUT2D eigenvalue weighted by Crippen LogP contribution is -2.26. The zero-order valence-electron chi connectivity index (χ0n) is 10.1. The van der Waals surface area contributed by atoms with Crippen molar-refractivity contribution >= 4 is 5.97 Å². The van der Waals surface area contributed by atoms with Crippen LogP contribution in [-0.4, -0.2) is 16.1 Å². The number of H-pyrrole nitrogens is 1. The number of aromatic carboxylic acids is 1. The Hall–Kier alpha value is -1.58. The van der Waals surface area contributed by atoms with E-state index in [1.165, 1.54) is 0 Å². The third-order valence-electron chi connectivity index (χ3n) is 3.64. The third-order valence-corrected chi connectivity index (χ3v) is 3.64. The van der Waals surface area contributed by atoms with Crippen molar-refractivity contribution in [1.29, 1.82) is 0 Å². The van der Waals surface area contributed by atoms with E-state index in [9.17, 15) is 9.59 Å². The number of aryl methyl sites for hydroxylation is 1. The molecule has 0 amide bonds. The van der Waals surface area contributed by atoms with Gasteiger partial charge < -0.3 is 10.1 Å². The van der Waals surface area contributed by atoms with Crippen molar-refractivity contribution in [2.24, 2.45) is 11.8 Å². The van der Waals surface area contributed by atoms with Crippen molar-refractivity contribution in [2.75, 3.05) is 0 Å². The summed E-state index contributed by atoms with van der Waals surface area (Å²) in [6.07, 6.45) is 2.77. The lowest BCUT2D eigenvalue weighted by atomic mass is 9.80. The minimum absolute atomic E-state index is 0.145. The van der Waals surface area contributed by atoms with E-state index in [2.05, 4.69) is 18.8 Å². The zero-order valence-corrected chi connectivity index (χ0v) is 10.1. The number of hydrogen-bond donors (Lipinski definition) is 2. The summed E-state index contributed by atoms with van der Waals surface area (Å²) in [4.78, 5) is 25.1. The van der Waals surface area contributed by atoms with Crippen LogP contribution in [0.5, 0.6) is 0 Å². The molecule has 0 saturated heterocycles. The van der Waals surface area contributed by atoms with Crippen LogP contribution in [0.4, 0.5) is 0 Å². The molecule has 4 nitrogen and oxygen atoms in total. The Morgan fingerprint density at radius 2 is 2.24 bits per heavy atom. The van der Waals surface area contributed by atoms with Crippen LogP contribution in [-0.2, 0) is 12.8 Å². The molecule has 0 aromatic carbocycles. The highest BCUT2D eigenvalue weighted by molar-refractivity contribution is 5.87. The zero-order chi connectivity index (χ0) is 12.6. The Balaban J connectivity index is 2.40. The van der Waals surface area contributed by atoms with Gasteiger partial charge in [-0.2, -0.15) is 0 Å². The monoisotopic (exact) mass is 235 g/mol. The van der Waals surface area contributed by atoms with Crippen LogP contribution in [0, 0.1) is 11.8 Å². The van der Waals surface area contributed by atoms with E-state index in [1.807, 2.05) is 0 Å². The van der Waals surface area contributed by atoms with Gasteiger partial charge in [0.25, 0.3) is 5.56 Å². The number of nitrogens with one attached hydrogen (secondary N) is 1. The highest BCUT2D eigenvalue weighted by Gasteiger charge is 2.23. The van der Waals surface area contributed by atoms with E-state index in [1.54, 1.807) is 6.07 Å². The van der Waals surface area contributed by atoms with E-state index in [0.29, 0.717) is 11.8 Å². The predicted molar refractivity (Wildman–Crippen MR) is 64.4 cm³/mol. The van der Waals surface area contributed by atoms with Gasteiger partial charge in [0.1, 0.15) is 5.56 Å². The number of pyridine rings is 1. The van der Waals surface area contributed by atoms with E-state index < -0.39 is 11.5 Å². The van der Waals surface area contributed by atoms with Gasteiger partial charge in [-0.25, -0.2) is 4.79 Å². The van der Waals surface area contributed by atoms with Gasteiger partial charge in [0, 0.05) is 5.69 Å². The summed E-state index contributed by atoms with van der Waals surface area (Å²) in [5.74, 6) is 0.0131. The molecule has 0 fully saturated rings. The maximum absolute atomic E-state index is 11.5. The predicted octanol–water partition coefficient (Wildman–Crippen LogP) is 1.83. The molecule has 2 rings (SSSR count). The lowest BCUT2D eigenvalue weighted by Gasteiger charge is -2.27. The van der Waals surface area contributed by atoms with Crippen LogP contribution in [0.1, 0.15) is 41.9 Å². The van der Waals surface area contributed by atoms with E-state index in [4.69, 9.17) is 5.11 Å². The lowest BCUT2D eigenvalue weighted by molar-refractivity contribution is 0.0694. The molecule has 4 heteroatoms. The van der Waals surface area contributed by atoms with Gasteiger partial charge in [-0.15, -0.1) is 0 Å². The fraction of sp³-hybridized carbons (Fsp3) is 0.538. The Labute approximate surface area is 99.7 Å². The second-order valence-corrected chi connectivity index (χ2v) is 5.07. The molecule has 1 aliphatic carbocycles. The van der Waals surface area contributed by atoms with Crippen LogP contribution in [0.15, 0.2) is 10.9 Å². The average molecular weight is 235 g/mol. The fourth-order valence-corrected chi connectivity index (χ4v) is 2.46. The smallest absolute Gasteiger partial charge is 0.341 e. The first-order valence-corrected chi connectivity index (χ1v) is 5.97. The number of fused-ring (bicyclic) bond motifs is 1. The largest absolute Gasteiger partial charge is 0.477 e. The summed E-state index contributed by atoms with van der Waals surface area (Å²) in [6.45, 7) is 4.36. The molecular weight excluding hydrogens is 218 g/mol. The van der Waals surface area contributed by atoms with Crippen molar-refractivity contribution in [3.8, 4) is 0 Å². The topological polar surface area (TPSA) is 70.2 Å². The van der Waals surface area contributed by atoms with Gasteiger partial charge in [0.05, 0.1) is 0 Å². The van der Waals surface area contributed by atoms with Crippen LogP contribution in [0.2, 0.25) is 0 Å². The summed E-state index contributed by atoms with van der Waals surface area (Å²) in [7, 11) is 0. The summed E-state index contributed by atoms with van der Waals surface area (Å²) in [5, 5.41) is 8.92. The fourth-order valence-electron chi connectivity index (χ4n) is 2.46. The molecule has 0 saturated carbocycles. The number of hydrogen-bond acceptors (Lipinski definition) is 2. The Morgan fingerprint density at radius 1 is 1.53 bits per heavy atom. The highest BCUT2D eigenvalue weighted by atomic mass is 16.4. The molecule has 1 heterocycles. The normalized spacial score (nSPS) is 19.1. The molecule has 2 N–H and O–H groups in total. The Kier molecular flexibility index (Phi) is 3.05. The van der Waals surface area contributed by atoms with Crippen molar-refractivity contribution in [2.45, 2.75) is 33.1 Å². The van der Waals surface area contributed by atoms with Crippen molar-refractivity contribution < 1.29 is 9.90 Å². The van der Waals surface area contributed by atoms with E-state index in [0.717, 1.165) is 30.5 Å². The number of aromatic nitrogens is 1. The number of rotatable bonds is 2. The molecule has 1 atom stereocenters. The van der Waals surface area contributed by atoms with Crippen molar-refractivity contribution in [3.05, 3.63) is 33.2 Å². The van der Waals surface area contributed by atoms with Gasteiger partial charge in [0.15, 0.2) is 0 Å². The number of carboxylic acids is 1. The van der Waals surface area contributed by atoms with Gasteiger partial charge in [-0.05, 0) is 42.7 Å². The summed E-state index contributed by atoms with van der Waals surface area (Å²) < 4.78 is 0. The summed E-state index contributed by atoms with van der Waals surface area (Å²) in [5.41, 5.74) is 1.27. The maximum atomic E-state index is 11.5. The molecule has 0 aliphatic heterocycles. The maximum Gasteiger partial charge on any atom is 0.341 e. The number of aromatic amines is 1. The van der Waals surface area contributed by atoms with Gasteiger partial charge >= 0.3 is 5.97 Å². The van der Waals surface area contributed by atoms with Crippen LogP contribution in [0.3, 0.4) is 0 Å². The summed E-state index contributed by atoms with van der Waals surface area (Å²) in [6, 6.07) is 1.55. The molecular formula is C13H17NO3. The van der Waals surface area contributed by atoms with E-state index in [-0.39, 0.29) is 5.56 Å². The van der Waals surface area contributed by atoms with Crippen molar-refractivity contribution in [3.63, 3.8) is 0 Å². The second kappa shape index (κ2) is 4.35. The number of carboxylic acid groups (broad SMARTS) is 1. The van der Waals surface area contributed by atoms with Crippen molar-refractivity contribution in [1.82, 2.24) is 4.98 Å². The Morgan fingerprint density at radius 3 is 2.82 bits per heavy atom. The Bertz CT molecular complexity index is 502. The first-order chi connectivity index (χ1) is 7.99. The second-order valence-electron chi connectivity index (χ2n) is 5.07.